The van der Waals surface area contributed by atoms with Gasteiger partial charge in [-0.05, 0) is 37.2 Å². The second-order valence-electron chi connectivity index (χ2n) is 4.46. The van der Waals surface area contributed by atoms with Crippen molar-refractivity contribution in [2.45, 2.75) is 52.9 Å². The summed E-state index contributed by atoms with van der Waals surface area (Å²) in [7, 11) is 0. The average Bonchev–Trinajstić information content (AvgIpc) is 2.15. The van der Waals surface area contributed by atoms with Gasteiger partial charge in [-0.2, -0.15) is 0 Å². The highest BCUT2D eigenvalue weighted by atomic mass is 16.5. The van der Waals surface area contributed by atoms with Gasteiger partial charge in [-0.25, -0.2) is 0 Å². The van der Waals surface area contributed by atoms with Crippen LogP contribution < -0.4 is 0 Å². The number of nitrogens with zero attached hydrogens (tertiary/aromatic N) is 1. The average molecular weight is 197 g/mol. The lowest BCUT2D eigenvalue weighted by Gasteiger charge is -2.30. The van der Waals surface area contributed by atoms with E-state index in [2.05, 4.69) is 20.8 Å². The minimum Gasteiger partial charge on any atom is -0.289 e. The zero-order chi connectivity index (χ0) is 10.6. The molecule has 0 saturated carbocycles. The fourth-order valence-electron chi connectivity index (χ4n) is 2.12. The highest BCUT2D eigenvalue weighted by molar-refractivity contribution is 5.16. The predicted molar refractivity (Wildman–Crippen MR) is 59.1 cm³/mol. The van der Waals surface area contributed by atoms with Crippen molar-refractivity contribution in [3.63, 3.8) is 0 Å². The van der Waals surface area contributed by atoms with E-state index in [0.717, 1.165) is 19.4 Å². The fraction of sp³-hybridized carbons (Fsp3) is 0.833. The number of unbranched alkanes of at least 4 members (excludes halogenated alkanes) is 1. The monoisotopic (exact) mass is 197 g/mol. The predicted octanol–water partition coefficient (Wildman–Crippen LogP) is 3.57. The van der Waals surface area contributed by atoms with Gasteiger partial charge < -0.3 is 0 Å². The largest absolute Gasteiger partial charge is 0.289 e. The first-order valence-electron chi connectivity index (χ1n) is 5.85. The molecule has 14 heavy (non-hydrogen) atoms. The van der Waals surface area contributed by atoms with Crippen LogP contribution in [0.3, 0.4) is 0 Å². The third-order valence-corrected chi connectivity index (χ3v) is 2.96. The van der Waals surface area contributed by atoms with Crippen LogP contribution in [0, 0.1) is 5.92 Å². The highest BCUT2D eigenvalue weighted by Crippen LogP contribution is 2.29. The van der Waals surface area contributed by atoms with Crippen LogP contribution in [-0.2, 0) is 0 Å². The fourth-order valence-corrected chi connectivity index (χ4v) is 2.12. The van der Waals surface area contributed by atoms with Gasteiger partial charge in [0, 0.05) is 12.2 Å². The number of hydrogen-bond donors (Lipinski definition) is 1. The van der Waals surface area contributed by atoms with Crippen molar-refractivity contribution in [3.05, 3.63) is 11.3 Å². The Kier molecular flexibility index (Phi) is 4.46. The first kappa shape index (κ1) is 11.6. The molecule has 82 valence electrons. The molecule has 0 aliphatic carbocycles. The van der Waals surface area contributed by atoms with Gasteiger partial charge in [0.05, 0.1) is 0 Å². The van der Waals surface area contributed by atoms with Crippen LogP contribution in [0.15, 0.2) is 11.3 Å². The molecule has 0 aromatic carbocycles. The normalized spacial score (nSPS) is 18.2. The van der Waals surface area contributed by atoms with E-state index < -0.39 is 0 Å². The Bertz CT molecular complexity index is 208. The van der Waals surface area contributed by atoms with Crippen molar-refractivity contribution in [1.82, 2.24) is 5.06 Å². The number of allylic oxidation sites excluding steroid dienone is 2. The van der Waals surface area contributed by atoms with E-state index in [-0.39, 0.29) is 0 Å². The van der Waals surface area contributed by atoms with E-state index in [1.54, 1.807) is 0 Å². The van der Waals surface area contributed by atoms with Crippen molar-refractivity contribution >= 4 is 0 Å². The lowest BCUT2D eigenvalue weighted by Crippen LogP contribution is -2.27. The Morgan fingerprint density at radius 2 is 2.14 bits per heavy atom. The van der Waals surface area contributed by atoms with Gasteiger partial charge in [-0.1, -0.05) is 27.2 Å². The molecule has 2 heteroatoms. The second kappa shape index (κ2) is 5.40. The van der Waals surface area contributed by atoms with Crippen LogP contribution in [0.4, 0.5) is 0 Å². The summed E-state index contributed by atoms with van der Waals surface area (Å²) < 4.78 is 0. The minimum absolute atomic E-state index is 0.580. The van der Waals surface area contributed by atoms with Crippen molar-refractivity contribution in [2.24, 2.45) is 5.92 Å². The molecule has 0 unspecified atom stereocenters. The quantitative estimate of drug-likeness (QED) is 0.744. The van der Waals surface area contributed by atoms with Crippen LogP contribution in [0.5, 0.6) is 0 Å². The third kappa shape index (κ3) is 2.74. The van der Waals surface area contributed by atoms with Crippen LogP contribution in [0.1, 0.15) is 52.9 Å². The van der Waals surface area contributed by atoms with Gasteiger partial charge in [0.15, 0.2) is 0 Å². The lowest BCUT2D eigenvalue weighted by molar-refractivity contribution is -0.0667. The van der Waals surface area contributed by atoms with Gasteiger partial charge in [0.2, 0.25) is 0 Å². The van der Waals surface area contributed by atoms with Crippen LogP contribution in [0.25, 0.3) is 0 Å². The van der Waals surface area contributed by atoms with Crippen molar-refractivity contribution < 1.29 is 5.21 Å². The van der Waals surface area contributed by atoms with Gasteiger partial charge >= 0.3 is 0 Å². The number of hydroxylamine groups is 2. The summed E-state index contributed by atoms with van der Waals surface area (Å²) in [6, 6.07) is 0. The molecule has 0 amide bonds. The molecule has 1 aliphatic heterocycles. The van der Waals surface area contributed by atoms with Crippen LogP contribution >= 0.6 is 0 Å². The molecule has 0 saturated heterocycles. The SMILES string of the molecule is CCCCC1=C(C(C)C)CCCN1O. The van der Waals surface area contributed by atoms with Crippen LogP contribution in [0.2, 0.25) is 0 Å². The van der Waals surface area contributed by atoms with Gasteiger partial charge in [0.1, 0.15) is 0 Å². The summed E-state index contributed by atoms with van der Waals surface area (Å²) in [5.74, 6) is 0.580. The molecule has 1 aliphatic rings. The number of hydrogen-bond acceptors (Lipinski definition) is 2. The first-order valence-corrected chi connectivity index (χ1v) is 5.85. The third-order valence-electron chi connectivity index (χ3n) is 2.96. The Balaban J connectivity index is 2.75. The topological polar surface area (TPSA) is 23.5 Å². The molecule has 0 radical (unpaired) electrons. The summed E-state index contributed by atoms with van der Waals surface area (Å²) in [4.78, 5) is 0. The molecule has 1 rings (SSSR count). The van der Waals surface area contributed by atoms with Gasteiger partial charge in [0.25, 0.3) is 0 Å². The summed E-state index contributed by atoms with van der Waals surface area (Å²) >= 11 is 0. The van der Waals surface area contributed by atoms with E-state index in [0.29, 0.717) is 5.92 Å². The van der Waals surface area contributed by atoms with Crippen LogP contribution in [-0.4, -0.2) is 16.8 Å². The summed E-state index contributed by atoms with van der Waals surface area (Å²) in [6.45, 7) is 7.45. The molecular formula is C12H23NO. The molecule has 2 nitrogen and oxygen atoms in total. The van der Waals surface area contributed by atoms with Gasteiger partial charge in [-0.15, -0.1) is 0 Å². The first-order chi connectivity index (χ1) is 6.66. The Morgan fingerprint density at radius 1 is 1.43 bits per heavy atom. The standard InChI is InChI=1S/C12H23NO/c1-4-5-8-12-11(10(2)3)7-6-9-13(12)14/h10,14H,4-9H2,1-3H3. The molecule has 1 heterocycles. The molecule has 0 bridgehead atoms. The molecule has 0 aromatic heterocycles. The van der Waals surface area contributed by atoms with E-state index in [9.17, 15) is 5.21 Å². The minimum atomic E-state index is 0.580. The maximum Gasteiger partial charge on any atom is 0.0452 e. The molecular weight excluding hydrogens is 174 g/mol. The maximum atomic E-state index is 9.79. The van der Waals surface area contributed by atoms with E-state index in [1.807, 2.05) is 0 Å². The zero-order valence-electron chi connectivity index (χ0n) is 9.71. The Hall–Kier alpha value is -0.500. The number of rotatable bonds is 4. The molecule has 0 fully saturated rings. The second-order valence-corrected chi connectivity index (χ2v) is 4.46. The van der Waals surface area contributed by atoms with Gasteiger partial charge in [-0.3, -0.25) is 10.3 Å². The molecule has 0 spiro atoms. The maximum absolute atomic E-state index is 9.79. The molecule has 1 N–H and O–H groups in total. The van der Waals surface area contributed by atoms with E-state index in [4.69, 9.17) is 0 Å². The van der Waals surface area contributed by atoms with E-state index in [1.165, 1.54) is 35.6 Å². The highest BCUT2D eigenvalue weighted by Gasteiger charge is 2.19. The van der Waals surface area contributed by atoms with E-state index >= 15 is 0 Å². The Labute approximate surface area is 87.6 Å². The summed E-state index contributed by atoms with van der Waals surface area (Å²) in [6.07, 6.45) is 5.69. The lowest BCUT2D eigenvalue weighted by atomic mass is 9.91. The van der Waals surface area contributed by atoms with Crippen molar-refractivity contribution in [2.75, 3.05) is 6.54 Å². The van der Waals surface area contributed by atoms with Crippen molar-refractivity contribution in [1.29, 1.82) is 0 Å². The summed E-state index contributed by atoms with van der Waals surface area (Å²) in [5.41, 5.74) is 2.67. The Morgan fingerprint density at radius 3 is 2.71 bits per heavy atom. The zero-order valence-corrected chi connectivity index (χ0v) is 9.71. The van der Waals surface area contributed by atoms with Crippen molar-refractivity contribution in [3.8, 4) is 0 Å². The molecule has 0 atom stereocenters. The molecule has 0 aromatic rings. The smallest absolute Gasteiger partial charge is 0.0452 e. The summed E-state index contributed by atoms with van der Waals surface area (Å²) in [5, 5.41) is 11.3.